The molecule has 1 aromatic rings. The summed E-state index contributed by atoms with van der Waals surface area (Å²) < 4.78 is 5.25. The molecule has 4 heteroatoms. The lowest BCUT2D eigenvalue weighted by Gasteiger charge is -2.38. The summed E-state index contributed by atoms with van der Waals surface area (Å²) in [5.74, 6) is 0.688. The number of para-hydroxylation sites is 2. The lowest BCUT2D eigenvalue weighted by molar-refractivity contribution is 0.133. The van der Waals surface area contributed by atoms with E-state index in [4.69, 9.17) is 4.74 Å². The summed E-state index contributed by atoms with van der Waals surface area (Å²) >= 11 is 0. The quantitative estimate of drug-likeness (QED) is 0.886. The molecule has 1 fully saturated rings. The Labute approximate surface area is 114 Å². The number of rotatable bonds is 2. The summed E-state index contributed by atoms with van der Waals surface area (Å²) in [6, 6.07) is 8.03. The number of anilines is 1. The van der Waals surface area contributed by atoms with Gasteiger partial charge in [0.15, 0.2) is 0 Å². The van der Waals surface area contributed by atoms with Crippen molar-refractivity contribution in [3.05, 3.63) is 24.3 Å². The molecule has 0 unspecified atom stereocenters. The summed E-state index contributed by atoms with van der Waals surface area (Å²) in [4.78, 5) is 14.4. The Kier molecular flexibility index (Phi) is 4.30. The topological polar surface area (TPSA) is 41.6 Å². The maximum absolute atomic E-state index is 12.4. The number of amides is 2. The second-order valence-electron chi connectivity index (χ2n) is 5.17. The number of hydrogen-bond donors (Lipinski definition) is 1. The summed E-state index contributed by atoms with van der Waals surface area (Å²) in [6.07, 6.45) is 3.34. The number of carbonyl (C=O) groups is 1. The molecule has 1 aliphatic heterocycles. The van der Waals surface area contributed by atoms with Crippen LogP contribution in [0.15, 0.2) is 24.3 Å². The van der Waals surface area contributed by atoms with Crippen molar-refractivity contribution in [3.8, 4) is 5.75 Å². The van der Waals surface area contributed by atoms with Crippen LogP contribution in [0.25, 0.3) is 0 Å². The van der Waals surface area contributed by atoms with Crippen molar-refractivity contribution >= 4 is 11.7 Å². The summed E-state index contributed by atoms with van der Waals surface area (Å²) in [5.41, 5.74) is 0.722. The SMILES string of the molecule is COc1ccccc1NC(=O)N1[C@H](C)CCC[C@@H]1C. The fraction of sp³-hybridized carbons (Fsp3) is 0.533. The third-order valence-electron chi connectivity index (χ3n) is 3.78. The van der Waals surface area contributed by atoms with Crippen molar-refractivity contribution in [1.29, 1.82) is 0 Å². The van der Waals surface area contributed by atoms with E-state index in [0.717, 1.165) is 18.5 Å². The molecule has 1 aromatic carbocycles. The number of urea groups is 1. The molecular formula is C15H22N2O2. The fourth-order valence-electron chi connectivity index (χ4n) is 2.75. The molecule has 1 heterocycles. The van der Waals surface area contributed by atoms with Gasteiger partial charge in [-0.15, -0.1) is 0 Å². The number of ether oxygens (including phenoxy) is 1. The predicted molar refractivity (Wildman–Crippen MR) is 76.6 cm³/mol. The molecule has 19 heavy (non-hydrogen) atoms. The first kappa shape index (κ1) is 13.7. The monoisotopic (exact) mass is 262 g/mol. The van der Waals surface area contributed by atoms with E-state index in [2.05, 4.69) is 19.2 Å². The van der Waals surface area contributed by atoms with Crippen LogP contribution in [-0.2, 0) is 0 Å². The van der Waals surface area contributed by atoms with Gasteiger partial charge in [0.05, 0.1) is 12.8 Å². The number of carbonyl (C=O) groups excluding carboxylic acids is 1. The first-order valence-corrected chi connectivity index (χ1v) is 6.86. The van der Waals surface area contributed by atoms with Gasteiger partial charge in [-0.2, -0.15) is 0 Å². The van der Waals surface area contributed by atoms with Crippen LogP contribution in [0.5, 0.6) is 5.75 Å². The van der Waals surface area contributed by atoms with Gasteiger partial charge in [-0.25, -0.2) is 4.79 Å². The number of hydrogen-bond acceptors (Lipinski definition) is 2. The molecule has 1 N–H and O–H groups in total. The third-order valence-corrected chi connectivity index (χ3v) is 3.78. The molecule has 0 spiro atoms. The average molecular weight is 262 g/mol. The molecule has 4 nitrogen and oxygen atoms in total. The van der Waals surface area contributed by atoms with E-state index in [1.54, 1.807) is 7.11 Å². The molecule has 0 aromatic heterocycles. The average Bonchev–Trinajstić information content (AvgIpc) is 2.39. The van der Waals surface area contributed by atoms with Gasteiger partial charge in [0, 0.05) is 12.1 Å². The van der Waals surface area contributed by atoms with Crippen molar-refractivity contribution in [1.82, 2.24) is 4.90 Å². The standard InChI is InChI=1S/C15H22N2O2/c1-11-7-6-8-12(2)17(11)15(18)16-13-9-4-5-10-14(13)19-3/h4-5,9-12H,6-8H2,1-3H3,(H,16,18)/t11-,12+. The highest BCUT2D eigenvalue weighted by Crippen LogP contribution is 2.26. The molecule has 2 amide bonds. The Morgan fingerprint density at radius 1 is 1.26 bits per heavy atom. The van der Waals surface area contributed by atoms with E-state index < -0.39 is 0 Å². The third kappa shape index (κ3) is 3.00. The first-order chi connectivity index (χ1) is 9.13. The normalized spacial score (nSPS) is 23.0. The Balaban J connectivity index is 2.11. The smallest absolute Gasteiger partial charge is 0.322 e. The molecule has 104 valence electrons. The van der Waals surface area contributed by atoms with E-state index in [0.29, 0.717) is 17.8 Å². The van der Waals surface area contributed by atoms with Gasteiger partial charge in [0.25, 0.3) is 0 Å². The Morgan fingerprint density at radius 2 is 1.89 bits per heavy atom. The van der Waals surface area contributed by atoms with Gasteiger partial charge in [-0.05, 0) is 45.2 Å². The van der Waals surface area contributed by atoms with Crippen molar-refractivity contribution in [2.24, 2.45) is 0 Å². The maximum Gasteiger partial charge on any atom is 0.322 e. The molecule has 0 radical (unpaired) electrons. The van der Waals surface area contributed by atoms with Crippen LogP contribution < -0.4 is 10.1 Å². The van der Waals surface area contributed by atoms with E-state index >= 15 is 0 Å². The first-order valence-electron chi connectivity index (χ1n) is 6.86. The number of nitrogens with one attached hydrogen (secondary N) is 1. The van der Waals surface area contributed by atoms with Crippen molar-refractivity contribution in [2.75, 3.05) is 12.4 Å². The van der Waals surface area contributed by atoms with Crippen LogP contribution in [0.2, 0.25) is 0 Å². The number of benzene rings is 1. The molecule has 1 aliphatic rings. The summed E-state index contributed by atoms with van der Waals surface area (Å²) in [5, 5.41) is 2.95. The highest BCUT2D eigenvalue weighted by atomic mass is 16.5. The maximum atomic E-state index is 12.4. The number of nitrogens with zero attached hydrogens (tertiary/aromatic N) is 1. The molecule has 2 rings (SSSR count). The van der Waals surface area contributed by atoms with Crippen LogP contribution in [-0.4, -0.2) is 30.1 Å². The lowest BCUT2D eigenvalue weighted by Crippen LogP contribution is -2.49. The molecule has 0 aliphatic carbocycles. The van der Waals surface area contributed by atoms with E-state index in [9.17, 15) is 4.79 Å². The summed E-state index contributed by atoms with van der Waals surface area (Å²) in [7, 11) is 1.61. The van der Waals surface area contributed by atoms with Crippen LogP contribution in [0, 0.1) is 0 Å². The number of piperidine rings is 1. The molecule has 0 bridgehead atoms. The zero-order valence-corrected chi connectivity index (χ0v) is 11.8. The van der Waals surface area contributed by atoms with Crippen LogP contribution in [0.4, 0.5) is 10.5 Å². The van der Waals surface area contributed by atoms with Gasteiger partial charge in [-0.1, -0.05) is 12.1 Å². The molecule has 1 saturated heterocycles. The van der Waals surface area contributed by atoms with Crippen LogP contribution in [0.1, 0.15) is 33.1 Å². The highest BCUT2D eigenvalue weighted by molar-refractivity contribution is 5.91. The minimum absolute atomic E-state index is 0.0378. The van der Waals surface area contributed by atoms with Crippen LogP contribution >= 0.6 is 0 Å². The van der Waals surface area contributed by atoms with E-state index in [1.807, 2.05) is 29.2 Å². The minimum atomic E-state index is -0.0378. The van der Waals surface area contributed by atoms with Gasteiger partial charge >= 0.3 is 6.03 Å². The summed E-state index contributed by atoms with van der Waals surface area (Å²) in [6.45, 7) is 4.22. The van der Waals surface area contributed by atoms with E-state index in [1.165, 1.54) is 6.42 Å². The minimum Gasteiger partial charge on any atom is -0.495 e. The van der Waals surface area contributed by atoms with Crippen molar-refractivity contribution < 1.29 is 9.53 Å². The lowest BCUT2D eigenvalue weighted by atomic mass is 9.98. The Morgan fingerprint density at radius 3 is 2.53 bits per heavy atom. The number of likely N-dealkylation sites (tertiary alicyclic amines) is 1. The largest absolute Gasteiger partial charge is 0.495 e. The number of methoxy groups -OCH3 is 1. The molecule has 0 saturated carbocycles. The molecular weight excluding hydrogens is 240 g/mol. The second-order valence-corrected chi connectivity index (χ2v) is 5.17. The zero-order chi connectivity index (χ0) is 13.8. The highest BCUT2D eigenvalue weighted by Gasteiger charge is 2.29. The fourth-order valence-corrected chi connectivity index (χ4v) is 2.75. The van der Waals surface area contributed by atoms with Gasteiger partial charge in [0.1, 0.15) is 5.75 Å². The van der Waals surface area contributed by atoms with Gasteiger partial charge in [0.2, 0.25) is 0 Å². The van der Waals surface area contributed by atoms with E-state index in [-0.39, 0.29) is 6.03 Å². The van der Waals surface area contributed by atoms with Crippen LogP contribution in [0.3, 0.4) is 0 Å². The molecule has 2 atom stereocenters. The second kappa shape index (κ2) is 5.95. The predicted octanol–water partition coefficient (Wildman–Crippen LogP) is 3.49. The Bertz CT molecular complexity index is 438. The van der Waals surface area contributed by atoms with Crippen molar-refractivity contribution in [3.63, 3.8) is 0 Å². The van der Waals surface area contributed by atoms with Crippen molar-refractivity contribution in [2.45, 2.75) is 45.2 Å². The van der Waals surface area contributed by atoms with Gasteiger partial charge in [-0.3, -0.25) is 0 Å². The Hall–Kier alpha value is -1.71. The van der Waals surface area contributed by atoms with Gasteiger partial charge < -0.3 is 15.0 Å². The zero-order valence-electron chi connectivity index (χ0n) is 11.8.